The van der Waals surface area contributed by atoms with Gasteiger partial charge in [0.25, 0.3) is 0 Å². The molecule has 15 heavy (non-hydrogen) atoms. The molecule has 0 bridgehead atoms. The molecule has 0 aliphatic heterocycles. The van der Waals surface area contributed by atoms with Gasteiger partial charge in [-0.3, -0.25) is 4.79 Å². The van der Waals surface area contributed by atoms with Gasteiger partial charge in [0, 0.05) is 5.56 Å². The molecule has 4 nitrogen and oxygen atoms in total. The minimum absolute atomic E-state index is 0.118. The Morgan fingerprint density at radius 1 is 1.60 bits per heavy atom. The first-order chi connectivity index (χ1) is 7.10. The van der Waals surface area contributed by atoms with Crippen LogP contribution in [0.15, 0.2) is 12.1 Å². The zero-order valence-electron chi connectivity index (χ0n) is 8.70. The van der Waals surface area contributed by atoms with Crippen LogP contribution in [0.25, 0.3) is 0 Å². The zero-order chi connectivity index (χ0) is 11.4. The molecule has 0 saturated heterocycles. The molecule has 0 radical (unpaired) electrons. The van der Waals surface area contributed by atoms with E-state index in [2.05, 4.69) is 0 Å². The quantitative estimate of drug-likeness (QED) is 0.601. The highest BCUT2D eigenvalue weighted by Crippen LogP contribution is 2.27. The summed E-state index contributed by atoms with van der Waals surface area (Å²) in [5, 5.41) is 8.82. The largest absolute Gasteiger partial charge is 0.492 e. The zero-order valence-corrected chi connectivity index (χ0v) is 8.70. The number of nitrogen functional groups attached to an aromatic ring is 1. The van der Waals surface area contributed by atoms with Crippen LogP contribution in [0.3, 0.4) is 0 Å². The first kappa shape index (κ1) is 11.1. The number of anilines is 1. The number of rotatable bonds is 3. The average molecular weight is 204 g/mol. The first-order valence-corrected chi connectivity index (χ1v) is 4.57. The number of hydrogen-bond donors (Lipinski definition) is 1. The maximum atomic E-state index is 11.2. The van der Waals surface area contributed by atoms with E-state index in [1.54, 1.807) is 6.07 Å². The second-order valence-corrected chi connectivity index (χ2v) is 3.04. The molecule has 0 spiro atoms. The van der Waals surface area contributed by atoms with Crippen molar-refractivity contribution in [3.8, 4) is 11.8 Å². The smallest absolute Gasteiger partial charge is 0.159 e. The number of carbonyl (C=O) groups is 1. The summed E-state index contributed by atoms with van der Waals surface area (Å²) in [5.74, 6) is 0.272. The highest BCUT2D eigenvalue weighted by molar-refractivity contribution is 5.95. The molecule has 0 aliphatic rings. The van der Waals surface area contributed by atoms with Crippen LogP contribution in [0.5, 0.6) is 5.75 Å². The number of ketones is 1. The van der Waals surface area contributed by atoms with Gasteiger partial charge < -0.3 is 10.5 Å². The number of nitrogens with zero attached hydrogens (tertiary/aromatic N) is 1. The maximum absolute atomic E-state index is 11.2. The Morgan fingerprint density at radius 2 is 2.27 bits per heavy atom. The molecule has 0 atom stereocenters. The van der Waals surface area contributed by atoms with Crippen molar-refractivity contribution in [3.63, 3.8) is 0 Å². The van der Waals surface area contributed by atoms with E-state index in [0.717, 1.165) is 0 Å². The molecule has 2 N–H and O–H groups in total. The summed E-state index contributed by atoms with van der Waals surface area (Å²) in [7, 11) is 0. The molecular formula is C11H12N2O2. The van der Waals surface area contributed by atoms with Gasteiger partial charge in [-0.2, -0.15) is 5.26 Å². The maximum Gasteiger partial charge on any atom is 0.159 e. The molecule has 1 aromatic carbocycles. The SMILES string of the molecule is CCOc1cc(C(C)=O)cc(C#N)c1N. The Bertz CT molecular complexity index is 433. The van der Waals surface area contributed by atoms with Crippen LogP contribution < -0.4 is 10.5 Å². The number of nitrogens with two attached hydrogens (primary N) is 1. The number of ether oxygens (including phenoxy) is 1. The molecule has 0 aromatic heterocycles. The van der Waals surface area contributed by atoms with E-state index < -0.39 is 0 Å². The van der Waals surface area contributed by atoms with Gasteiger partial charge in [-0.05, 0) is 26.0 Å². The van der Waals surface area contributed by atoms with Gasteiger partial charge in [-0.25, -0.2) is 0 Å². The van der Waals surface area contributed by atoms with Crippen LogP contribution in [0.2, 0.25) is 0 Å². The van der Waals surface area contributed by atoms with Crippen LogP contribution in [-0.4, -0.2) is 12.4 Å². The molecule has 0 saturated carbocycles. The van der Waals surface area contributed by atoms with Crippen molar-refractivity contribution in [2.24, 2.45) is 0 Å². The summed E-state index contributed by atoms with van der Waals surface area (Å²) >= 11 is 0. The van der Waals surface area contributed by atoms with Crippen molar-refractivity contribution >= 4 is 11.5 Å². The van der Waals surface area contributed by atoms with E-state index >= 15 is 0 Å². The van der Waals surface area contributed by atoms with Crippen molar-refractivity contribution in [1.82, 2.24) is 0 Å². The minimum atomic E-state index is -0.118. The predicted octanol–water partition coefficient (Wildman–Crippen LogP) is 1.74. The van der Waals surface area contributed by atoms with Crippen molar-refractivity contribution in [2.75, 3.05) is 12.3 Å². The number of nitriles is 1. The molecule has 4 heteroatoms. The summed E-state index contributed by atoms with van der Waals surface area (Å²) in [5.41, 5.74) is 6.68. The normalized spacial score (nSPS) is 9.40. The Morgan fingerprint density at radius 3 is 2.73 bits per heavy atom. The van der Waals surface area contributed by atoms with Crippen molar-refractivity contribution < 1.29 is 9.53 Å². The minimum Gasteiger partial charge on any atom is -0.492 e. The fourth-order valence-corrected chi connectivity index (χ4v) is 1.20. The van der Waals surface area contributed by atoms with E-state index in [1.165, 1.54) is 13.0 Å². The second kappa shape index (κ2) is 4.47. The third kappa shape index (κ3) is 2.26. The number of benzene rings is 1. The van der Waals surface area contributed by atoms with Crippen LogP contribution >= 0.6 is 0 Å². The van der Waals surface area contributed by atoms with E-state index in [1.807, 2.05) is 13.0 Å². The molecule has 0 aliphatic carbocycles. The average Bonchev–Trinajstić information content (AvgIpc) is 2.21. The summed E-state index contributed by atoms with van der Waals surface area (Å²) in [4.78, 5) is 11.2. The first-order valence-electron chi connectivity index (χ1n) is 4.57. The highest BCUT2D eigenvalue weighted by Gasteiger charge is 2.10. The van der Waals surface area contributed by atoms with Crippen molar-refractivity contribution in [1.29, 1.82) is 5.26 Å². The Kier molecular flexibility index (Phi) is 3.29. The summed E-state index contributed by atoms with van der Waals surface area (Å²) in [6.07, 6.45) is 0. The third-order valence-electron chi connectivity index (χ3n) is 1.97. The molecule has 1 rings (SSSR count). The lowest BCUT2D eigenvalue weighted by Crippen LogP contribution is -2.02. The molecule has 0 fully saturated rings. The molecular weight excluding hydrogens is 192 g/mol. The van der Waals surface area contributed by atoms with Crippen molar-refractivity contribution in [2.45, 2.75) is 13.8 Å². The summed E-state index contributed by atoms with van der Waals surface area (Å²) in [6.45, 7) is 3.69. The van der Waals surface area contributed by atoms with E-state index in [4.69, 9.17) is 15.7 Å². The van der Waals surface area contributed by atoms with Gasteiger partial charge in [0.15, 0.2) is 5.78 Å². The van der Waals surface area contributed by atoms with Crippen molar-refractivity contribution in [3.05, 3.63) is 23.3 Å². The van der Waals surface area contributed by atoms with E-state index in [9.17, 15) is 4.79 Å². The fraction of sp³-hybridized carbons (Fsp3) is 0.273. The Hall–Kier alpha value is -2.02. The highest BCUT2D eigenvalue weighted by atomic mass is 16.5. The van der Waals surface area contributed by atoms with Crippen LogP contribution in [0.4, 0.5) is 5.69 Å². The molecule has 1 aromatic rings. The number of carbonyl (C=O) groups excluding carboxylic acids is 1. The molecule has 0 unspecified atom stereocenters. The fourth-order valence-electron chi connectivity index (χ4n) is 1.20. The topological polar surface area (TPSA) is 76.1 Å². The third-order valence-corrected chi connectivity index (χ3v) is 1.97. The standard InChI is InChI=1S/C11H12N2O2/c1-3-15-10-5-8(7(2)14)4-9(6-12)11(10)13/h4-5H,3,13H2,1-2H3. The predicted molar refractivity (Wildman–Crippen MR) is 56.7 cm³/mol. The van der Waals surface area contributed by atoms with Crippen LogP contribution in [0, 0.1) is 11.3 Å². The van der Waals surface area contributed by atoms with Gasteiger partial charge in [0.2, 0.25) is 0 Å². The number of Topliss-reactive ketones (excluding diaryl/α,β-unsaturated/α-hetero) is 1. The van der Waals surface area contributed by atoms with E-state index in [-0.39, 0.29) is 17.0 Å². The van der Waals surface area contributed by atoms with E-state index in [0.29, 0.717) is 17.9 Å². The van der Waals surface area contributed by atoms with Crippen LogP contribution in [-0.2, 0) is 0 Å². The van der Waals surface area contributed by atoms with Gasteiger partial charge in [-0.15, -0.1) is 0 Å². The van der Waals surface area contributed by atoms with Crippen LogP contribution in [0.1, 0.15) is 29.8 Å². The summed E-state index contributed by atoms with van der Waals surface area (Å²) in [6, 6.07) is 4.96. The Balaban J connectivity index is 3.33. The lowest BCUT2D eigenvalue weighted by atomic mass is 10.1. The lowest BCUT2D eigenvalue weighted by molar-refractivity contribution is 0.101. The number of hydrogen-bond acceptors (Lipinski definition) is 4. The van der Waals surface area contributed by atoms with Gasteiger partial charge in [0.05, 0.1) is 17.9 Å². The van der Waals surface area contributed by atoms with Gasteiger partial charge in [-0.1, -0.05) is 0 Å². The molecule has 78 valence electrons. The lowest BCUT2D eigenvalue weighted by Gasteiger charge is -2.09. The molecule has 0 heterocycles. The Labute approximate surface area is 88.3 Å². The monoisotopic (exact) mass is 204 g/mol. The summed E-state index contributed by atoms with van der Waals surface area (Å²) < 4.78 is 5.24. The van der Waals surface area contributed by atoms with Gasteiger partial charge >= 0.3 is 0 Å². The molecule has 0 amide bonds. The second-order valence-electron chi connectivity index (χ2n) is 3.04. The van der Waals surface area contributed by atoms with Gasteiger partial charge in [0.1, 0.15) is 11.8 Å².